The minimum atomic E-state index is -1.12. The highest BCUT2D eigenvalue weighted by Crippen LogP contribution is 2.21. The summed E-state index contributed by atoms with van der Waals surface area (Å²) in [6.07, 6.45) is 1.80. The maximum atomic E-state index is 13.6. The molecule has 2 amide bonds. The number of rotatable bonds is 6. The SMILES string of the molecule is CCCC[C@H](NC(=O)Nc1cccc(Cl)c1F)C(=O)O. The maximum absolute atomic E-state index is 13.6. The van der Waals surface area contributed by atoms with Crippen molar-refractivity contribution in [2.75, 3.05) is 5.32 Å². The highest BCUT2D eigenvalue weighted by Gasteiger charge is 2.19. The largest absolute Gasteiger partial charge is 0.480 e. The van der Waals surface area contributed by atoms with Crippen molar-refractivity contribution < 1.29 is 19.1 Å². The van der Waals surface area contributed by atoms with E-state index >= 15 is 0 Å². The molecular formula is C13H16ClFN2O3. The second kappa shape index (κ2) is 7.69. The quantitative estimate of drug-likeness (QED) is 0.755. The highest BCUT2D eigenvalue weighted by molar-refractivity contribution is 6.31. The van der Waals surface area contributed by atoms with Crippen LogP contribution in [0.3, 0.4) is 0 Å². The van der Waals surface area contributed by atoms with Gasteiger partial charge in [-0.2, -0.15) is 0 Å². The van der Waals surface area contributed by atoms with Gasteiger partial charge in [-0.3, -0.25) is 0 Å². The van der Waals surface area contributed by atoms with Gasteiger partial charge in [0.15, 0.2) is 5.82 Å². The molecule has 0 heterocycles. The van der Waals surface area contributed by atoms with Crippen LogP contribution in [0.4, 0.5) is 14.9 Å². The topological polar surface area (TPSA) is 78.4 Å². The third kappa shape index (κ3) is 4.70. The molecule has 1 atom stereocenters. The van der Waals surface area contributed by atoms with Crippen molar-refractivity contribution in [3.8, 4) is 0 Å². The van der Waals surface area contributed by atoms with Gasteiger partial charge in [-0.25, -0.2) is 14.0 Å². The van der Waals surface area contributed by atoms with Crippen molar-refractivity contribution in [2.24, 2.45) is 0 Å². The van der Waals surface area contributed by atoms with Gasteiger partial charge in [0.05, 0.1) is 10.7 Å². The van der Waals surface area contributed by atoms with E-state index in [0.717, 1.165) is 6.42 Å². The number of amides is 2. The van der Waals surface area contributed by atoms with Gasteiger partial charge in [0.2, 0.25) is 0 Å². The smallest absolute Gasteiger partial charge is 0.326 e. The van der Waals surface area contributed by atoms with Gasteiger partial charge in [-0.1, -0.05) is 37.4 Å². The van der Waals surface area contributed by atoms with Gasteiger partial charge in [-0.15, -0.1) is 0 Å². The lowest BCUT2D eigenvalue weighted by atomic mass is 10.1. The number of carbonyl (C=O) groups is 2. The average molecular weight is 303 g/mol. The number of hydrogen-bond donors (Lipinski definition) is 3. The molecule has 110 valence electrons. The molecule has 3 N–H and O–H groups in total. The molecule has 0 aromatic heterocycles. The fourth-order valence-corrected chi connectivity index (χ4v) is 1.76. The average Bonchev–Trinajstić information content (AvgIpc) is 2.39. The number of carboxylic acids is 1. The van der Waals surface area contributed by atoms with Crippen LogP contribution < -0.4 is 10.6 Å². The minimum absolute atomic E-state index is 0.102. The summed E-state index contributed by atoms with van der Waals surface area (Å²) in [5.41, 5.74) is -0.102. The van der Waals surface area contributed by atoms with Crippen molar-refractivity contribution in [2.45, 2.75) is 32.2 Å². The van der Waals surface area contributed by atoms with Crippen molar-refractivity contribution >= 4 is 29.3 Å². The normalized spacial score (nSPS) is 11.8. The van der Waals surface area contributed by atoms with E-state index in [1.807, 2.05) is 6.92 Å². The van der Waals surface area contributed by atoms with Crippen molar-refractivity contribution in [3.63, 3.8) is 0 Å². The van der Waals surface area contributed by atoms with Gasteiger partial charge in [0, 0.05) is 0 Å². The Bertz CT molecular complexity index is 497. The number of carboxylic acid groups (broad SMARTS) is 1. The first kappa shape index (κ1) is 16.2. The van der Waals surface area contributed by atoms with E-state index in [2.05, 4.69) is 10.6 Å². The fraction of sp³-hybridized carbons (Fsp3) is 0.385. The zero-order chi connectivity index (χ0) is 15.1. The molecule has 0 bridgehead atoms. The van der Waals surface area contributed by atoms with Gasteiger partial charge >= 0.3 is 12.0 Å². The van der Waals surface area contributed by atoms with Crippen LogP contribution in [0.25, 0.3) is 0 Å². The summed E-state index contributed by atoms with van der Waals surface area (Å²) >= 11 is 5.58. The Balaban J connectivity index is 2.66. The number of nitrogens with one attached hydrogen (secondary N) is 2. The van der Waals surface area contributed by atoms with Crippen LogP contribution in [0.2, 0.25) is 5.02 Å². The number of urea groups is 1. The first-order valence-corrected chi connectivity index (χ1v) is 6.57. The summed E-state index contributed by atoms with van der Waals surface area (Å²) in [6, 6.07) is 2.38. The lowest BCUT2D eigenvalue weighted by Crippen LogP contribution is -2.43. The number of aliphatic carboxylic acids is 1. The molecule has 0 aliphatic carbocycles. The molecule has 7 heteroatoms. The van der Waals surface area contributed by atoms with Crippen LogP contribution in [-0.4, -0.2) is 23.1 Å². The molecule has 1 aromatic rings. The Hall–Kier alpha value is -1.82. The fourth-order valence-electron chi connectivity index (χ4n) is 1.58. The molecule has 0 unspecified atom stereocenters. The Labute approximate surface area is 121 Å². The van der Waals surface area contributed by atoms with Crippen molar-refractivity contribution in [1.82, 2.24) is 5.32 Å². The molecule has 0 spiro atoms. The Morgan fingerprint density at radius 3 is 2.75 bits per heavy atom. The molecule has 0 aliphatic heterocycles. The van der Waals surface area contributed by atoms with E-state index in [1.54, 1.807) is 0 Å². The van der Waals surface area contributed by atoms with E-state index in [-0.39, 0.29) is 10.7 Å². The number of benzene rings is 1. The molecule has 1 rings (SSSR count). The van der Waals surface area contributed by atoms with E-state index < -0.39 is 23.9 Å². The number of carbonyl (C=O) groups excluding carboxylic acids is 1. The molecule has 1 aromatic carbocycles. The molecule has 0 saturated heterocycles. The molecule has 0 fully saturated rings. The second-order valence-corrected chi connectivity index (χ2v) is 4.64. The van der Waals surface area contributed by atoms with Crippen molar-refractivity contribution in [1.29, 1.82) is 0 Å². The van der Waals surface area contributed by atoms with Gasteiger partial charge in [0.25, 0.3) is 0 Å². The number of hydrogen-bond acceptors (Lipinski definition) is 2. The van der Waals surface area contributed by atoms with Crippen LogP contribution in [0, 0.1) is 5.82 Å². The number of halogens is 2. The van der Waals surface area contributed by atoms with E-state index in [0.29, 0.717) is 12.8 Å². The van der Waals surface area contributed by atoms with Gasteiger partial charge < -0.3 is 15.7 Å². The maximum Gasteiger partial charge on any atom is 0.326 e. The first-order valence-electron chi connectivity index (χ1n) is 6.20. The molecular weight excluding hydrogens is 287 g/mol. The first-order chi connectivity index (χ1) is 9.45. The summed E-state index contributed by atoms with van der Waals surface area (Å²) in [6.45, 7) is 1.92. The third-order valence-corrected chi connectivity index (χ3v) is 2.94. The summed E-state index contributed by atoms with van der Waals surface area (Å²) in [5, 5.41) is 13.4. The van der Waals surface area contributed by atoms with Crippen LogP contribution in [-0.2, 0) is 4.79 Å². The summed E-state index contributed by atoms with van der Waals surface area (Å²) < 4.78 is 13.6. The zero-order valence-electron chi connectivity index (χ0n) is 11.0. The molecule has 0 aliphatic rings. The van der Waals surface area contributed by atoms with E-state index in [1.165, 1.54) is 18.2 Å². The molecule has 0 radical (unpaired) electrons. The Morgan fingerprint density at radius 1 is 1.45 bits per heavy atom. The highest BCUT2D eigenvalue weighted by atomic mass is 35.5. The minimum Gasteiger partial charge on any atom is -0.480 e. The Kier molecular flexibility index (Phi) is 6.24. The standard InChI is InChI=1S/C13H16ClFN2O3/c1-2-3-6-10(12(18)19)17-13(20)16-9-7-4-5-8(14)11(9)15/h4-5,7,10H,2-3,6H2,1H3,(H,18,19)(H2,16,17,20)/t10-/m0/s1. The molecule has 5 nitrogen and oxygen atoms in total. The number of unbranched alkanes of at least 4 members (excludes halogenated alkanes) is 1. The van der Waals surface area contributed by atoms with Crippen LogP contribution in [0.1, 0.15) is 26.2 Å². The summed E-state index contributed by atoms with van der Waals surface area (Å²) in [7, 11) is 0. The van der Waals surface area contributed by atoms with Gasteiger partial charge in [0.1, 0.15) is 6.04 Å². The number of anilines is 1. The summed E-state index contributed by atoms with van der Waals surface area (Å²) in [5.74, 6) is -1.88. The monoisotopic (exact) mass is 302 g/mol. The van der Waals surface area contributed by atoms with E-state index in [4.69, 9.17) is 16.7 Å². The van der Waals surface area contributed by atoms with Crippen LogP contribution in [0.15, 0.2) is 18.2 Å². The summed E-state index contributed by atoms with van der Waals surface area (Å²) in [4.78, 5) is 22.6. The zero-order valence-corrected chi connectivity index (χ0v) is 11.7. The third-order valence-electron chi connectivity index (χ3n) is 2.65. The van der Waals surface area contributed by atoms with Crippen LogP contribution in [0.5, 0.6) is 0 Å². The van der Waals surface area contributed by atoms with Crippen molar-refractivity contribution in [3.05, 3.63) is 29.0 Å². The molecule has 20 heavy (non-hydrogen) atoms. The predicted octanol–water partition coefficient (Wildman–Crippen LogP) is 3.24. The second-order valence-electron chi connectivity index (χ2n) is 4.23. The lowest BCUT2D eigenvalue weighted by molar-refractivity contribution is -0.139. The predicted molar refractivity (Wildman–Crippen MR) is 74.5 cm³/mol. The van der Waals surface area contributed by atoms with Gasteiger partial charge in [-0.05, 0) is 18.6 Å². The lowest BCUT2D eigenvalue weighted by Gasteiger charge is -2.15. The van der Waals surface area contributed by atoms with E-state index in [9.17, 15) is 14.0 Å². The van der Waals surface area contributed by atoms with Crippen LogP contribution >= 0.6 is 11.6 Å². The Morgan fingerprint density at radius 2 is 2.15 bits per heavy atom. The molecule has 0 saturated carbocycles.